The van der Waals surface area contributed by atoms with E-state index in [0.29, 0.717) is 0 Å². The van der Waals surface area contributed by atoms with Gasteiger partial charge in [0.15, 0.2) is 0 Å². The van der Waals surface area contributed by atoms with Crippen LogP contribution in [0.4, 0.5) is 0 Å². The number of carbonyl (C=O) groups is 1. The molecule has 0 heterocycles. The number of hydrogen-bond acceptors (Lipinski definition) is 2. The van der Waals surface area contributed by atoms with Crippen LogP contribution in [-0.4, -0.2) is 37.0 Å². The monoisotopic (exact) mass is 214 g/mol. The van der Waals surface area contributed by atoms with Crippen molar-refractivity contribution in [3.05, 3.63) is 0 Å². The predicted molar refractivity (Wildman–Crippen MR) is 64.9 cm³/mol. The van der Waals surface area contributed by atoms with Crippen LogP contribution in [0, 0.1) is 5.92 Å². The fourth-order valence-corrected chi connectivity index (χ4v) is 1.41. The van der Waals surface area contributed by atoms with Gasteiger partial charge in [-0.3, -0.25) is 4.79 Å². The summed E-state index contributed by atoms with van der Waals surface area (Å²) >= 11 is 0. The van der Waals surface area contributed by atoms with Crippen LogP contribution in [0.5, 0.6) is 0 Å². The van der Waals surface area contributed by atoms with E-state index in [-0.39, 0.29) is 11.8 Å². The third-order valence-corrected chi connectivity index (χ3v) is 2.90. The van der Waals surface area contributed by atoms with Crippen molar-refractivity contribution >= 4 is 5.91 Å². The van der Waals surface area contributed by atoms with E-state index in [2.05, 4.69) is 24.1 Å². The highest BCUT2D eigenvalue weighted by Gasteiger charge is 2.08. The maximum absolute atomic E-state index is 11.4. The molecule has 0 saturated heterocycles. The predicted octanol–water partition coefficient (Wildman–Crippen LogP) is 1.88. The van der Waals surface area contributed by atoms with E-state index in [0.717, 1.165) is 39.0 Å². The number of nitrogens with one attached hydrogen (secondary N) is 1. The minimum Gasteiger partial charge on any atom is -0.356 e. The molecule has 0 aromatic heterocycles. The molecule has 1 unspecified atom stereocenters. The molecule has 0 rings (SSSR count). The Morgan fingerprint density at radius 3 is 2.33 bits per heavy atom. The van der Waals surface area contributed by atoms with Crippen LogP contribution >= 0.6 is 0 Å². The minimum absolute atomic E-state index is 0.151. The van der Waals surface area contributed by atoms with E-state index < -0.39 is 0 Å². The lowest BCUT2D eigenvalue weighted by molar-refractivity contribution is -0.124. The Morgan fingerprint density at radius 2 is 1.87 bits per heavy atom. The van der Waals surface area contributed by atoms with Gasteiger partial charge in [-0.15, -0.1) is 0 Å². The summed E-state index contributed by atoms with van der Waals surface area (Å²) in [6.07, 6.45) is 1.96. The first-order valence-electron chi connectivity index (χ1n) is 6.15. The van der Waals surface area contributed by atoms with E-state index in [1.807, 2.05) is 13.8 Å². The summed E-state index contributed by atoms with van der Waals surface area (Å²) in [6, 6.07) is 0. The Morgan fingerprint density at radius 1 is 1.27 bits per heavy atom. The summed E-state index contributed by atoms with van der Waals surface area (Å²) in [5.41, 5.74) is 0. The zero-order chi connectivity index (χ0) is 11.7. The van der Waals surface area contributed by atoms with E-state index >= 15 is 0 Å². The summed E-state index contributed by atoms with van der Waals surface area (Å²) in [5.74, 6) is 0.343. The Kier molecular flexibility index (Phi) is 8.38. The number of hydrogen-bond donors (Lipinski definition) is 1. The quantitative estimate of drug-likeness (QED) is 0.626. The first-order valence-corrected chi connectivity index (χ1v) is 6.15. The molecule has 0 radical (unpaired) electrons. The lowest BCUT2D eigenvalue weighted by Gasteiger charge is -2.18. The third-order valence-electron chi connectivity index (χ3n) is 2.90. The topological polar surface area (TPSA) is 32.3 Å². The molecule has 90 valence electrons. The average Bonchev–Trinajstić information content (AvgIpc) is 2.27. The molecule has 15 heavy (non-hydrogen) atoms. The molecule has 0 aliphatic heterocycles. The largest absolute Gasteiger partial charge is 0.356 e. The van der Waals surface area contributed by atoms with Crippen LogP contribution in [0.2, 0.25) is 0 Å². The summed E-state index contributed by atoms with van der Waals surface area (Å²) in [6.45, 7) is 12.4. The van der Waals surface area contributed by atoms with Crippen LogP contribution in [-0.2, 0) is 4.79 Å². The number of rotatable bonds is 8. The Hall–Kier alpha value is -0.570. The van der Waals surface area contributed by atoms with Gasteiger partial charge in [-0.1, -0.05) is 27.7 Å². The SMILES string of the molecule is CCC(C)C(=O)NCCCN(CC)CC. The Labute approximate surface area is 94.2 Å². The maximum atomic E-state index is 11.4. The van der Waals surface area contributed by atoms with Gasteiger partial charge in [0.2, 0.25) is 5.91 Å². The molecule has 0 spiro atoms. The highest BCUT2D eigenvalue weighted by atomic mass is 16.1. The Bertz CT molecular complexity index is 167. The van der Waals surface area contributed by atoms with Gasteiger partial charge in [-0.25, -0.2) is 0 Å². The molecule has 1 atom stereocenters. The third kappa shape index (κ3) is 6.50. The second kappa shape index (κ2) is 8.72. The zero-order valence-corrected chi connectivity index (χ0v) is 10.7. The molecule has 3 nitrogen and oxygen atoms in total. The number of nitrogens with zero attached hydrogens (tertiary/aromatic N) is 1. The van der Waals surface area contributed by atoms with Crippen LogP contribution < -0.4 is 5.32 Å². The molecule has 1 amide bonds. The molecular formula is C12H26N2O. The van der Waals surface area contributed by atoms with Gasteiger partial charge in [0.25, 0.3) is 0 Å². The van der Waals surface area contributed by atoms with Crippen LogP contribution in [0.15, 0.2) is 0 Å². The van der Waals surface area contributed by atoms with Crippen molar-refractivity contribution in [1.82, 2.24) is 10.2 Å². The standard InChI is InChI=1S/C12H26N2O/c1-5-11(4)12(15)13-9-8-10-14(6-2)7-3/h11H,5-10H2,1-4H3,(H,13,15). The van der Waals surface area contributed by atoms with E-state index in [9.17, 15) is 4.79 Å². The van der Waals surface area contributed by atoms with Gasteiger partial charge >= 0.3 is 0 Å². The summed E-state index contributed by atoms with van der Waals surface area (Å²) < 4.78 is 0. The summed E-state index contributed by atoms with van der Waals surface area (Å²) in [4.78, 5) is 13.8. The first kappa shape index (κ1) is 14.4. The number of amides is 1. The Balaban J connectivity index is 3.49. The highest BCUT2D eigenvalue weighted by molar-refractivity contribution is 5.78. The molecule has 0 fully saturated rings. The van der Waals surface area contributed by atoms with Gasteiger partial charge in [0, 0.05) is 12.5 Å². The minimum atomic E-state index is 0.151. The molecule has 1 N–H and O–H groups in total. The fourth-order valence-electron chi connectivity index (χ4n) is 1.41. The van der Waals surface area contributed by atoms with Crippen molar-refractivity contribution < 1.29 is 4.79 Å². The fraction of sp³-hybridized carbons (Fsp3) is 0.917. The molecule has 0 aromatic carbocycles. The first-order chi connectivity index (χ1) is 7.15. The van der Waals surface area contributed by atoms with E-state index in [1.54, 1.807) is 0 Å². The van der Waals surface area contributed by atoms with Crippen molar-refractivity contribution in [3.8, 4) is 0 Å². The van der Waals surface area contributed by atoms with Crippen LogP contribution in [0.25, 0.3) is 0 Å². The van der Waals surface area contributed by atoms with Crippen molar-refractivity contribution in [2.75, 3.05) is 26.2 Å². The van der Waals surface area contributed by atoms with Gasteiger partial charge in [-0.2, -0.15) is 0 Å². The van der Waals surface area contributed by atoms with E-state index in [1.165, 1.54) is 0 Å². The van der Waals surface area contributed by atoms with Crippen molar-refractivity contribution in [2.24, 2.45) is 5.92 Å². The van der Waals surface area contributed by atoms with Crippen molar-refractivity contribution in [1.29, 1.82) is 0 Å². The second-order valence-corrected chi connectivity index (χ2v) is 3.98. The van der Waals surface area contributed by atoms with Gasteiger partial charge < -0.3 is 10.2 Å². The average molecular weight is 214 g/mol. The smallest absolute Gasteiger partial charge is 0.222 e. The van der Waals surface area contributed by atoms with Crippen molar-refractivity contribution in [2.45, 2.75) is 40.5 Å². The second-order valence-electron chi connectivity index (χ2n) is 3.98. The zero-order valence-electron chi connectivity index (χ0n) is 10.7. The molecule has 0 aliphatic rings. The highest BCUT2D eigenvalue weighted by Crippen LogP contribution is 1.99. The van der Waals surface area contributed by atoms with Crippen LogP contribution in [0.1, 0.15) is 40.5 Å². The molecule has 0 aromatic rings. The van der Waals surface area contributed by atoms with E-state index in [4.69, 9.17) is 0 Å². The molecule has 0 bridgehead atoms. The van der Waals surface area contributed by atoms with Crippen LogP contribution in [0.3, 0.4) is 0 Å². The van der Waals surface area contributed by atoms with Gasteiger partial charge in [0.05, 0.1) is 0 Å². The molecular weight excluding hydrogens is 188 g/mol. The van der Waals surface area contributed by atoms with Gasteiger partial charge in [-0.05, 0) is 32.5 Å². The molecule has 0 saturated carbocycles. The van der Waals surface area contributed by atoms with Gasteiger partial charge in [0.1, 0.15) is 0 Å². The lowest BCUT2D eigenvalue weighted by atomic mass is 10.1. The molecule has 0 aliphatic carbocycles. The normalized spacial score (nSPS) is 12.9. The summed E-state index contributed by atoms with van der Waals surface area (Å²) in [5, 5.41) is 2.97. The number of carbonyl (C=O) groups excluding carboxylic acids is 1. The molecule has 3 heteroatoms. The lowest BCUT2D eigenvalue weighted by Crippen LogP contribution is -2.32. The summed E-state index contributed by atoms with van der Waals surface area (Å²) in [7, 11) is 0. The maximum Gasteiger partial charge on any atom is 0.222 e. The van der Waals surface area contributed by atoms with Crippen molar-refractivity contribution in [3.63, 3.8) is 0 Å².